The van der Waals surface area contributed by atoms with E-state index in [0.29, 0.717) is 37.5 Å². The molecule has 6 rings (SSSR count). The zero-order valence-corrected chi connectivity index (χ0v) is 30.0. The van der Waals surface area contributed by atoms with Gasteiger partial charge in [0.2, 0.25) is 11.8 Å². The van der Waals surface area contributed by atoms with E-state index in [-0.39, 0.29) is 42.6 Å². The number of carbonyl (C=O) groups is 4. The summed E-state index contributed by atoms with van der Waals surface area (Å²) in [6.07, 6.45) is 11.8. The maximum atomic E-state index is 14.5. The van der Waals surface area contributed by atoms with Crippen LogP contribution in [-0.2, 0) is 23.9 Å². The quantitative estimate of drug-likeness (QED) is 0.197. The Morgan fingerprint density at radius 1 is 0.980 bits per heavy atom. The van der Waals surface area contributed by atoms with Crippen LogP contribution in [0.25, 0.3) is 0 Å². The van der Waals surface area contributed by atoms with Gasteiger partial charge in [-0.2, -0.15) is 5.12 Å². The lowest BCUT2D eigenvalue weighted by atomic mass is 9.78. The molecule has 4 heterocycles. The van der Waals surface area contributed by atoms with Crippen LogP contribution in [0.5, 0.6) is 0 Å². The van der Waals surface area contributed by atoms with Crippen molar-refractivity contribution < 1.29 is 33.8 Å². The van der Waals surface area contributed by atoms with Gasteiger partial charge in [-0.3, -0.25) is 20.4 Å². The molecule has 6 aliphatic rings. The summed E-state index contributed by atoms with van der Waals surface area (Å²) in [5.41, 5.74) is 11.9. The van der Waals surface area contributed by atoms with Crippen molar-refractivity contribution in [3.63, 3.8) is 0 Å². The lowest BCUT2D eigenvalue weighted by molar-refractivity contribution is -0.145. The number of nitrogens with zero attached hydrogens (tertiary/aromatic N) is 2. The number of nitrogens with one attached hydrogen (secondary N) is 6. The number of fused-ring (bicyclic) bond motifs is 2. The van der Waals surface area contributed by atoms with E-state index in [1.54, 1.807) is 32.8 Å². The fraction of sp³-hybridized carbons (Fsp3) is 0.829. The van der Waals surface area contributed by atoms with Gasteiger partial charge in [-0.1, -0.05) is 25.0 Å². The number of carbonyl (C=O) groups excluding carboxylic acids is 3. The predicted octanol–water partition coefficient (Wildman–Crippen LogP) is 1.32. The van der Waals surface area contributed by atoms with E-state index in [0.717, 1.165) is 58.0 Å². The molecule has 0 aromatic carbocycles. The van der Waals surface area contributed by atoms with Gasteiger partial charge in [-0.15, -0.1) is 0 Å². The number of amides is 3. The van der Waals surface area contributed by atoms with Crippen molar-refractivity contribution in [1.82, 2.24) is 42.4 Å². The predicted molar refractivity (Wildman–Crippen MR) is 184 cm³/mol. The van der Waals surface area contributed by atoms with Crippen molar-refractivity contribution in [3.8, 4) is 0 Å². The minimum atomic E-state index is -1.39. The third kappa shape index (κ3) is 8.28. The van der Waals surface area contributed by atoms with Crippen LogP contribution in [0.1, 0.15) is 91.4 Å². The Balaban J connectivity index is 1.25. The van der Waals surface area contributed by atoms with Gasteiger partial charge in [-0.25, -0.2) is 20.4 Å². The summed E-state index contributed by atoms with van der Waals surface area (Å²) in [6, 6.07) is -1.82. The van der Waals surface area contributed by atoms with E-state index in [1.165, 1.54) is 0 Å². The van der Waals surface area contributed by atoms with E-state index in [2.05, 4.69) is 32.3 Å². The molecule has 0 spiro atoms. The number of aliphatic carboxylic acids is 1. The molecule has 2 aliphatic carbocycles. The van der Waals surface area contributed by atoms with E-state index in [9.17, 15) is 24.3 Å². The second-order valence-corrected chi connectivity index (χ2v) is 16.2. The zero-order valence-electron chi connectivity index (χ0n) is 30.0. The Bertz CT molecular complexity index is 1280. The lowest BCUT2D eigenvalue weighted by Crippen LogP contribution is -2.56. The Morgan fingerprint density at radius 2 is 1.68 bits per heavy atom. The summed E-state index contributed by atoms with van der Waals surface area (Å²) in [5.74, 6) is -1.47. The monoisotopic (exact) mass is 702 g/mol. The van der Waals surface area contributed by atoms with Crippen molar-refractivity contribution in [2.45, 2.75) is 139 Å². The third-order valence-corrected chi connectivity index (χ3v) is 11.6. The summed E-state index contributed by atoms with van der Waals surface area (Å²) < 4.78 is 11.2. The van der Waals surface area contributed by atoms with Gasteiger partial charge in [0.25, 0.3) is 0 Å². The number of carboxylic acids is 1. The van der Waals surface area contributed by atoms with Gasteiger partial charge in [-0.05, 0) is 84.5 Å². The molecule has 2 unspecified atom stereocenters. The average molecular weight is 703 g/mol. The highest BCUT2D eigenvalue weighted by atomic mass is 16.6. The first-order chi connectivity index (χ1) is 23.9. The highest BCUT2D eigenvalue weighted by Crippen LogP contribution is 2.45. The molecule has 3 saturated heterocycles. The van der Waals surface area contributed by atoms with Crippen molar-refractivity contribution in [2.75, 3.05) is 26.7 Å². The van der Waals surface area contributed by atoms with Crippen LogP contribution in [0.3, 0.4) is 0 Å². The normalized spacial score (nSPS) is 38.4. The van der Waals surface area contributed by atoms with Crippen LogP contribution < -0.4 is 32.3 Å². The Labute approximate surface area is 295 Å². The van der Waals surface area contributed by atoms with Gasteiger partial charge in [0, 0.05) is 50.7 Å². The molecular formula is C35H58N8O7. The summed E-state index contributed by atoms with van der Waals surface area (Å²) in [6.45, 7) is 7.18. The zero-order chi connectivity index (χ0) is 35.6. The molecule has 15 heteroatoms. The maximum Gasteiger partial charge on any atom is 0.408 e. The SMILES string of the molecule is COC1CCC(C2NN([C@H]3C[C@H]4C(=O)N[C@@]5(C(=O)O)C[C@H]5/C=C\CCCCC[C@@H](NC(=O)OC(C)(C)C)C(=O)N4C3)NC2C2CNNC2)CC1. The van der Waals surface area contributed by atoms with Gasteiger partial charge in [0.15, 0.2) is 0 Å². The van der Waals surface area contributed by atoms with Crippen LogP contribution >= 0.6 is 0 Å². The van der Waals surface area contributed by atoms with E-state index < -0.39 is 41.2 Å². The maximum absolute atomic E-state index is 14.5. The van der Waals surface area contributed by atoms with Crippen LogP contribution in [0.4, 0.5) is 4.79 Å². The molecule has 7 atom stereocenters. The summed E-state index contributed by atoms with van der Waals surface area (Å²) in [7, 11) is 1.78. The second kappa shape index (κ2) is 15.4. The number of allylic oxidation sites excluding steroid dienone is 1. The van der Waals surface area contributed by atoms with Crippen LogP contribution in [0.2, 0.25) is 0 Å². The largest absolute Gasteiger partial charge is 0.479 e. The molecule has 5 fully saturated rings. The number of hydrogen-bond donors (Lipinski definition) is 7. The lowest BCUT2D eigenvalue weighted by Gasteiger charge is -2.35. The number of ether oxygens (including phenoxy) is 2. The van der Waals surface area contributed by atoms with Crippen LogP contribution in [0.15, 0.2) is 12.2 Å². The van der Waals surface area contributed by atoms with Gasteiger partial charge in [0.05, 0.1) is 12.1 Å². The first kappa shape index (κ1) is 37.0. The number of hydrazine groups is 3. The van der Waals surface area contributed by atoms with Crippen molar-refractivity contribution in [1.29, 1.82) is 0 Å². The fourth-order valence-corrected chi connectivity index (χ4v) is 8.66. The van der Waals surface area contributed by atoms with Crippen molar-refractivity contribution in [3.05, 3.63) is 12.2 Å². The number of carboxylic acid groups (broad SMARTS) is 1. The molecule has 0 bridgehead atoms. The molecule has 280 valence electrons. The van der Waals surface area contributed by atoms with Gasteiger partial charge >= 0.3 is 12.1 Å². The van der Waals surface area contributed by atoms with E-state index >= 15 is 0 Å². The number of rotatable bonds is 6. The number of methoxy groups -OCH3 is 1. The number of alkyl carbamates (subject to hydrolysis) is 1. The molecule has 0 aromatic rings. The van der Waals surface area contributed by atoms with E-state index in [4.69, 9.17) is 9.47 Å². The molecule has 7 N–H and O–H groups in total. The van der Waals surface area contributed by atoms with Crippen LogP contribution in [-0.4, -0.2) is 113 Å². The van der Waals surface area contributed by atoms with Crippen molar-refractivity contribution >= 4 is 23.9 Å². The molecule has 4 aliphatic heterocycles. The Kier molecular flexibility index (Phi) is 11.4. The molecule has 3 amide bonds. The van der Waals surface area contributed by atoms with E-state index in [1.807, 2.05) is 17.3 Å². The second-order valence-electron chi connectivity index (χ2n) is 16.2. The first-order valence-electron chi connectivity index (χ1n) is 18.7. The van der Waals surface area contributed by atoms with Crippen molar-refractivity contribution in [2.24, 2.45) is 17.8 Å². The molecule has 15 nitrogen and oxygen atoms in total. The molecule has 50 heavy (non-hydrogen) atoms. The van der Waals surface area contributed by atoms with Gasteiger partial charge in [0.1, 0.15) is 23.2 Å². The minimum Gasteiger partial charge on any atom is -0.479 e. The van der Waals surface area contributed by atoms with Crippen LogP contribution in [0, 0.1) is 17.8 Å². The first-order valence-corrected chi connectivity index (χ1v) is 18.7. The highest BCUT2D eigenvalue weighted by molar-refractivity contribution is 5.96. The van der Waals surface area contributed by atoms with Gasteiger partial charge < -0.3 is 30.1 Å². The fourth-order valence-electron chi connectivity index (χ4n) is 8.66. The smallest absolute Gasteiger partial charge is 0.408 e. The molecular weight excluding hydrogens is 644 g/mol. The average Bonchev–Trinajstić information content (AvgIpc) is 3.52. The standard InChI is InChI=1S/C35H58N8O7/c1-34(2,3)50-33(48)38-26-11-9-7-5-6-8-10-23-17-35(23,32(46)47)39-30(44)27-16-24(20-42(27)31(26)45)43-40-28(21-12-14-25(49-4)15-13-21)29(41-43)22-18-36-37-19-22/h8,10,21-29,36-37,40-41H,5-7,9,11-20H2,1-4H3,(H,38,48)(H,39,44)(H,46,47)/b10-8-/t21?,23-,24+,25?,26-,27+,28?,29?,35+/m1/s1. The molecule has 0 radical (unpaired) electrons. The molecule has 0 aromatic heterocycles. The molecule has 2 saturated carbocycles. The summed E-state index contributed by atoms with van der Waals surface area (Å²) >= 11 is 0. The Hall–Kier alpha value is -2.82. The minimum absolute atomic E-state index is 0.125. The summed E-state index contributed by atoms with van der Waals surface area (Å²) in [5, 5.41) is 17.9. The summed E-state index contributed by atoms with van der Waals surface area (Å²) in [4.78, 5) is 55.7. The highest BCUT2D eigenvalue weighted by Gasteiger charge is 2.61. The number of hydrogen-bond acceptors (Lipinski definition) is 11. The Morgan fingerprint density at radius 3 is 2.34 bits per heavy atom. The third-order valence-electron chi connectivity index (χ3n) is 11.6. The topological polar surface area (TPSA) is 186 Å².